The predicted molar refractivity (Wildman–Crippen MR) is 76.6 cm³/mol. The molecule has 100 valence electrons. The van der Waals surface area contributed by atoms with Crippen LogP contribution in [-0.2, 0) is 13.0 Å². The summed E-state index contributed by atoms with van der Waals surface area (Å²) in [6, 6.07) is 7.54. The summed E-state index contributed by atoms with van der Waals surface area (Å²) in [6.45, 7) is 2.62. The highest BCUT2D eigenvalue weighted by molar-refractivity contribution is 9.10. The lowest BCUT2D eigenvalue weighted by Crippen LogP contribution is -2.12. The highest BCUT2D eigenvalue weighted by Gasteiger charge is 2.18. The molecule has 0 atom stereocenters. The largest absolute Gasteiger partial charge is 0.496 e. The lowest BCUT2D eigenvalue weighted by atomic mass is 10.1. The van der Waals surface area contributed by atoms with Crippen LogP contribution >= 0.6 is 15.9 Å². The molecule has 0 spiro atoms. The van der Waals surface area contributed by atoms with E-state index in [4.69, 9.17) is 4.74 Å². The molecule has 1 aromatic heterocycles. The topological polar surface area (TPSA) is 44.1 Å². The van der Waals surface area contributed by atoms with Crippen molar-refractivity contribution >= 4 is 21.7 Å². The highest BCUT2D eigenvalue weighted by atomic mass is 79.9. The van der Waals surface area contributed by atoms with Crippen LogP contribution in [0.15, 0.2) is 34.9 Å². The van der Waals surface area contributed by atoms with Crippen LogP contribution < -0.4 is 4.74 Å². The van der Waals surface area contributed by atoms with E-state index in [2.05, 4.69) is 21.0 Å². The van der Waals surface area contributed by atoms with Crippen molar-refractivity contribution in [2.75, 3.05) is 7.11 Å². The van der Waals surface area contributed by atoms with Crippen LogP contribution in [0.3, 0.4) is 0 Å². The van der Waals surface area contributed by atoms with Crippen molar-refractivity contribution in [2.45, 2.75) is 19.9 Å². The van der Waals surface area contributed by atoms with Crippen molar-refractivity contribution < 1.29 is 9.53 Å². The molecule has 0 amide bonds. The Morgan fingerprint density at radius 1 is 1.42 bits per heavy atom. The van der Waals surface area contributed by atoms with Crippen LogP contribution in [0.1, 0.15) is 23.0 Å². The van der Waals surface area contributed by atoms with E-state index >= 15 is 0 Å². The molecule has 0 saturated heterocycles. The summed E-state index contributed by atoms with van der Waals surface area (Å²) in [4.78, 5) is 12.4. The number of aryl methyl sites for hydroxylation is 1. The number of carbonyl (C=O) groups excluding carboxylic acids is 1. The molecule has 0 aliphatic rings. The number of ketones is 1. The van der Waals surface area contributed by atoms with Gasteiger partial charge in [0.1, 0.15) is 11.4 Å². The first-order valence-electron chi connectivity index (χ1n) is 6.03. The van der Waals surface area contributed by atoms with E-state index in [1.807, 2.05) is 31.2 Å². The fourth-order valence-electron chi connectivity index (χ4n) is 1.99. The van der Waals surface area contributed by atoms with Gasteiger partial charge in [0, 0.05) is 18.5 Å². The van der Waals surface area contributed by atoms with Crippen molar-refractivity contribution in [1.29, 1.82) is 0 Å². The Kier molecular flexibility index (Phi) is 4.37. The number of carbonyl (C=O) groups is 1. The molecule has 4 nitrogen and oxygen atoms in total. The highest BCUT2D eigenvalue weighted by Crippen LogP contribution is 2.22. The molecule has 5 heteroatoms. The Labute approximate surface area is 120 Å². The third-order valence-corrected chi connectivity index (χ3v) is 3.48. The van der Waals surface area contributed by atoms with Crippen LogP contribution in [0.2, 0.25) is 0 Å². The van der Waals surface area contributed by atoms with E-state index in [0.717, 1.165) is 15.8 Å². The van der Waals surface area contributed by atoms with E-state index in [0.29, 0.717) is 18.7 Å². The van der Waals surface area contributed by atoms with Gasteiger partial charge in [-0.2, -0.15) is 5.10 Å². The summed E-state index contributed by atoms with van der Waals surface area (Å²) in [5.41, 5.74) is 1.49. The van der Waals surface area contributed by atoms with Crippen LogP contribution in [0, 0.1) is 0 Å². The SMILES string of the molecule is CCn1ncc(Br)c1C(=O)Cc1ccccc1OC. The van der Waals surface area contributed by atoms with E-state index in [1.54, 1.807) is 18.0 Å². The van der Waals surface area contributed by atoms with Crippen molar-refractivity contribution in [1.82, 2.24) is 9.78 Å². The van der Waals surface area contributed by atoms with E-state index < -0.39 is 0 Å². The molecular weight excluding hydrogens is 308 g/mol. The fraction of sp³-hybridized carbons (Fsp3) is 0.286. The molecule has 2 rings (SSSR count). The summed E-state index contributed by atoms with van der Waals surface area (Å²) in [7, 11) is 1.61. The van der Waals surface area contributed by atoms with E-state index in [9.17, 15) is 4.79 Å². The average Bonchev–Trinajstić information content (AvgIpc) is 2.80. The van der Waals surface area contributed by atoms with Crippen molar-refractivity contribution in [3.05, 3.63) is 46.2 Å². The molecule has 1 heterocycles. The molecule has 0 aliphatic carbocycles. The monoisotopic (exact) mass is 322 g/mol. The van der Waals surface area contributed by atoms with E-state index in [1.165, 1.54) is 0 Å². The van der Waals surface area contributed by atoms with Gasteiger partial charge < -0.3 is 4.74 Å². The van der Waals surface area contributed by atoms with Crippen LogP contribution in [0.5, 0.6) is 5.75 Å². The zero-order valence-electron chi connectivity index (χ0n) is 10.9. The molecule has 0 bridgehead atoms. The number of hydrogen-bond donors (Lipinski definition) is 0. The smallest absolute Gasteiger partial charge is 0.186 e. The summed E-state index contributed by atoms with van der Waals surface area (Å²) in [6.07, 6.45) is 1.95. The van der Waals surface area contributed by atoms with Crippen LogP contribution in [-0.4, -0.2) is 22.7 Å². The number of hydrogen-bond acceptors (Lipinski definition) is 3. The average molecular weight is 323 g/mol. The Morgan fingerprint density at radius 2 is 2.16 bits per heavy atom. The standard InChI is InChI=1S/C14H15BrN2O2/c1-3-17-14(11(15)9-16-17)12(18)8-10-6-4-5-7-13(10)19-2/h4-7,9H,3,8H2,1-2H3. The third-order valence-electron chi connectivity index (χ3n) is 2.90. The quantitative estimate of drug-likeness (QED) is 0.794. The maximum absolute atomic E-state index is 12.4. The second-order valence-corrected chi connectivity index (χ2v) is 4.92. The summed E-state index contributed by atoms with van der Waals surface area (Å²) in [5, 5.41) is 4.16. The van der Waals surface area contributed by atoms with Gasteiger partial charge in [0.25, 0.3) is 0 Å². The zero-order valence-corrected chi connectivity index (χ0v) is 12.5. The van der Waals surface area contributed by atoms with Gasteiger partial charge in [-0.15, -0.1) is 0 Å². The number of benzene rings is 1. The Morgan fingerprint density at radius 3 is 2.84 bits per heavy atom. The van der Waals surface area contributed by atoms with Crippen molar-refractivity contribution in [2.24, 2.45) is 0 Å². The minimum absolute atomic E-state index is 0.0238. The summed E-state index contributed by atoms with van der Waals surface area (Å²) < 4.78 is 7.69. The molecule has 0 fully saturated rings. The first kappa shape index (κ1) is 13.8. The minimum Gasteiger partial charge on any atom is -0.496 e. The Bertz CT molecular complexity index is 593. The number of aromatic nitrogens is 2. The van der Waals surface area contributed by atoms with Gasteiger partial charge in [0.2, 0.25) is 0 Å². The number of ether oxygens (including phenoxy) is 1. The van der Waals surface area contributed by atoms with Gasteiger partial charge >= 0.3 is 0 Å². The number of rotatable bonds is 5. The molecule has 0 unspecified atom stereocenters. The summed E-state index contributed by atoms with van der Waals surface area (Å²) >= 11 is 3.37. The molecular formula is C14H15BrN2O2. The predicted octanol–water partition coefficient (Wildman–Crippen LogP) is 3.10. The van der Waals surface area contributed by atoms with Gasteiger partial charge in [0.05, 0.1) is 17.8 Å². The molecule has 1 aromatic carbocycles. The number of halogens is 1. The van der Waals surface area contributed by atoms with Gasteiger partial charge in [-0.25, -0.2) is 0 Å². The number of Topliss-reactive ketones (excluding diaryl/α,β-unsaturated/α-hetero) is 1. The maximum atomic E-state index is 12.4. The molecule has 0 N–H and O–H groups in total. The third kappa shape index (κ3) is 2.87. The fourth-order valence-corrected chi connectivity index (χ4v) is 2.50. The van der Waals surface area contributed by atoms with Gasteiger partial charge in [0.15, 0.2) is 5.78 Å². The minimum atomic E-state index is 0.0238. The lowest BCUT2D eigenvalue weighted by Gasteiger charge is -2.08. The van der Waals surface area contributed by atoms with Gasteiger partial charge in [-0.05, 0) is 28.9 Å². The van der Waals surface area contributed by atoms with Gasteiger partial charge in [-0.3, -0.25) is 9.48 Å². The van der Waals surface area contributed by atoms with Crippen molar-refractivity contribution in [3.8, 4) is 5.75 Å². The second-order valence-electron chi connectivity index (χ2n) is 4.07. The second kappa shape index (κ2) is 6.02. The summed E-state index contributed by atoms with van der Waals surface area (Å²) in [5.74, 6) is 0.755. The maximum Gasteiger partial charge on any atom is 0.186 e. The zero-order chi connectivity index (χ0) is 13.8. The number of nitrogens with zero attached hydrogens (tertiary/aromatic N) is 2. The van der Waals surface area contributed by atoms with Gasteiger partial charge in [-0.1, -0.05) is 18.2 Å². The van der Waals surface area contributed by atoms with Crippen LogP contribution in [0.4, 0.5) is 0 Å². The number of para-hydroxylation sites is 1. The first-order chi connectivity index (χ1) is 9.17. The molecule has 0 radical (unpaired) electrons. The molecule has 19 heavy (non-hydrogen) atoms. The van der Waals surface area contributed by atoms with Crippen molar-refractivity contribution in [3.63, 3.8) is 0 Å². The normalized spacial score (nSPS) is 10.5. The Balaban J connectivity index is 2.28. The first-order valence-corrected chi connectivity index (χ1v) is 6.83. The molecule has 0 aliphatic heterocycles. The van der Waals surface area contributed by atoms with Crippen LogP contribution in [0.25, 0.3) is 0 Å². The van der Waals surface area contributed by atoms with E-state index in [-0.39, 0.29) is 5.78 Å². The molecule has 2 aromatic rings. The number of methoxy groups -OCH3 is 1. The Hall–Kier alpha value is -1.62. The lowest BCUT2D eigenvalue weighted by molar-refractivity contribution is 0.0981. The molecule has 0 saturated carbocycles.